The van der Waals surface area contributed by atoms with Crippen LogP contribution in [0, 0.1) is 51.9 Å². The molecule has 14 nitrogen and oxygen atoms in total. The van der Waals surface area contributed by atoms with Gasteiger partial charge in [0.25, 0.3) is 11.6 Å². The number of carbonyl (C=O) groups is 1. The molecule has 0 bridgehead atoms. The number of hydrogen-bond donors (Lipinski definition) is 2. The molecule has 71 heavy (non-hydrogen) atoms. The fourth-order valence-corrected chi connectivity index (χ4v) is 10.4. The second-order valence-corrected chi connectivity index (χ2v) is 18.3. The van der Waals surface area contributed by atoms with E-state index in [4.69, 9.17) is 24.2 Å². The van der Waals surface area contributed by atoms with Gasteiger partial charge in [0.15, 0.2) is 0 Å². The number of pyridine rings is 1. The zero-order valence-electron chi connectivity index (χ0n) is 39.7. The molecule has 4 aromatic carbocycles. The molecule has 6 unspecified atom stereocenters. The van der Waals surface area contributed by atoms with Crippen molar-refractivity contribution in [3.8, 4) is 17.6 Å². The Morgan fingerprint density at radius 2 is 1.72 bits per heavy atom. The molecular weight excluding hydrogens is 906 g/mol. The largest absolute Gasteiger partial charge is 0.487 e. The number of oxime groups is 1. The van der Waals surface area contributed by atoms with Crippen molar-refractivity contribution in [3.05, 3.63) is 189 Å². The van der Waals surface area contributed by atoms with Crippen molar-refractivity contribution in [1.29, 1.82) is 5.26 Å². The maximum Gasteiger partial charge on any atom is 0.269 e. The van der Waals surface area contributed by atoms with Gasteiger partial charge in [0.2, 0.25) is 5.79 Å². The molecule has 1 saturated carbocycles. The smallest absolute Gasteiger partial charge is 0.269 e. The number of aryl methyl sites for hydroxylation is 1. The number of aliphatic hydroxyl groups is 2. The molecule has 0 radical (unpaired) electrons. The van der Waals surface area contributed by atoms with Crippen molar-refractivity contribution in [2.24, 2.45) is 22.9 Å². The number of aliphatic hydroxyl groups excluding tert-OH is 2. The molecule has 0 spiro atoms. The van der Waals surface area contributed by atoms with Crippen LogP contribution >= 0.6 is 0 Å². The number of rotatable bonds is 22. The van der Waals surface area contributed by atoms with E-state index in [0.29, 0.717) is 65.1 Å². The van der Waals surface area contributed by atoms with Crippen molar-refractivity contribution in [2.75, 3.05) is 19.8 Å². The Bertz CT molecular complexity index is 2780. The topological polar surface area (TPSA) is 190 Å². The maximum absolute atomic E-state index is 15.4. The van der Waals surface area contributed by atoms with Gasteiger partial charge >= 0.3 is 0 Å². The summed E-state index contributed by atoms with van der Waals surface area (Å²) in [5, 5.41) is 46.1. The third-order valence-corrected chi connectivity index (χ3v) is 13.7. The number of carbonyl (C=O) groups excluding carboxylic acids is 1. The first-order valence-electron chi connectivity index (χ1n) is 24.1. The molecule has 1 fully saturated rings. The van der Waals surface area contributed by atoms with E-state index >= 15 is 4.79 Å². The third kappa shape index (κ3) is 11.4. The monoisotopic (exact) mass is 963 g/mol. The maximum atomic E-state index is 15.4. The molecule has 1 aromatic heterocycles. The molecule has 1 aliphatic heterocycles. The van der Waals surface area contributed by atoms with Gasteiger partial charge in [0.1, 0.15) is 36.6 Å². The van der Waals surface area contributed by atoms with Crippen molar-refractivity contribution in [3.63, 3.8) is 0 Å². The Balaban J connectivity index is 1.34. The number of aromatic nitrogens is 1. The number of halogens is 1. The van der Waals surface area contributed by atoms with Gasteiger partial charge in [-0.3, -0.25) is 19.9 Å². The fourth-order valence-electron chi connectivity index (χ4n) is 10.4. The van der Waals surface area contributed by atoms with E-state index in [-0.39, 0.29) is 69.4 Å². The first-order valence-corrected chi connectivity index (χ1v) is 24.1. The van der Waals surface area contributed by atoms with Gasteiger partial charge < -0.3 is 34.2 Å². The van der Waals surface area contributed by atoms with E-state index in [1.54, 1.807) is 59.5 Å². The van der Waals surface area contributed by atoms with Crippen LogP contribution in [0.5, 0.6) is 11.5 Å². The SMILES string of the molecule is C=CCOC12Oc3ccc(OCc4cccc(C)n4)cc3C3C(CCCCO)C(CCCCO)C=C(C(=NOCc4ccc([N+](=O)[O-])cc4)CC1N(Cc1ccc(F)cc1)C(=O)c1ccc(C#N)cc1)C32. The van der Waals surface area contributed by atoms with Gasteiger partial charge in [-0.25, -0.2) is 4.39 Å². The number of nitro benzene ring substituents is 1. The van der Waals surface area contributed by atoms with Crippen molar-refractivity contribution in [1.82, 2.24) is 9.88 Å². The predicted molar refractivity (Wildman–Crippen MR) is 264 cm³/mol. The Morgan fingerprint density at radius 1 is 0.986 bits per heavy atom. The normalized spacial score (nSPS) is 21.4. The first-order chi connectivity index (χ1) is 34.5. The molecule has 5 aromatic rings. The quantitative estimate of drug-likeness (QED) is 0.0291. The number of ether oxygens (including phenoxy) is 3. The zero-order chi connectivity index (χ0) is 49.9. The van der Waals surface area contributed by atoms with Gasteiger partial charge in [-0.2, -0.15) is 5.26 Å². The molecule has 15 heteroatoms. The number of allylic oxidation sites excluding steroid dienone is 1. The lowest BCUT2D eigenvalue weighted by molar-refractivity contribution is -0.384. The lowest BCUT2D eigenvalue weighted by Gasteiger charge is -2.60. The summed E-state index contributed by atoms with van der Waals surface area (Å²) in [6.45, 7) is 6.25. The van der Waals surface area contributed by atoms with Crippen molar-refractivity contribution in [2.45, 2.75) is 89.4 Å². The van der Waals surface area contributed by atoms with Crippen LogP contribution in [0.4, 0.5) is 10.1 Å². The third-order valence-electron chi connectivity index (χ3n) is 13.7. The Labute approximate surface area is 412 Å². The summed E-state index contributed by atoms with van der Waals surface area (Å²) in [6, 6.07) is 31.1. The number of unbranched alkanes of at least 4 members (excludes halogenated alkanes) is 2. The minimum Gasteiger partial charge on any atom is -0.487 e. The minimum absolute atomic E-state index is 0.00392. The van der Waals surface area contributed by atoms with Crippen molar-refractivity contribution < 1.29 is 43.4 Å². The average molecular weight is 964 g/mol. The van der Waals surface area contributed by atoms with E-state index in [1.807, 2.05) is 43.3 Å². The van der Waals surface area contributed by atoms with Gasteiger partial charge in [0, 0.05) is 61.1 Å². The second-order valence-electron chi connectivity index (χ2n) is 18.3. The highest BCUT2D eigenvalue weighted by atomic mass is 19.1. The molecule has 6 atom stereocenters. The summed E-state index contributed by atoms with van der Waals surface area (Å²) in [4.78, 5) is 38.9. The second kappa shape index (κ2) is 23.1. The molecule has 3 aliphatic rings. The minimum atomic E-state index is -1.61. The highest BCUT2D eigenvalue weighted by Gasteiger charge is 2.65. The molecule has 8 rings (SSSR count). The molecule has 0 saturated heterocycles. The van der Waals surface area contributed by atoms with Crippen LogP contribution in [0.1, 0.15) is 94.9 Å². The number of benzene rings is 4. The van der Waals surface area contributed by atoms with Crippen LogP contribution in [0.3, 0.4) is 0 Å². The summed E-state index contributed by atoms with van der Waals surface area (Å²) < 4.78 is 35.6. The van der Waals surface area contributed by atoms with Crippen LogP contribution in [-0.4, -0.2) is 68.3 Å². The summed E-state index contributed by atoms with van der Waals surface area (Å²) in [7, 11) is 0. The van der Waals surface area contributed by atoms with Gasteiger partial charge in [0.05, 0.1) is 40.5 Å². The van der Waals surface area contributed by atoms with E-state index in [0.717, 1.165) is 35.4 Å². The number of amides is 1. The Kier molecular flexibility index (Phi) is 16.3. The van der Waals surface area contributed by atoms with Gasteiger partial charge in [-0.1, -0.05) is 48.3 Å². The van der Waals surface area contributed by atoms with E-state index in [2.05, 4.69) is 23.7 Å². The number of nitrogens with zero attached hydrogens (tertiary/aromatic N) is 5. The van der Waals surface area contributed by atoms with E-state index in [1.165, 1.54) is 24.3 Å². The van der Waals surface area contributed by atoms with Crippen LogP contribution in [0.2, 0.25) is 0 Å². The molecule has 1 amide bonds. The van der Waals surface area contributed by atoms with Crippen LogP contribution in [0.15, 0.2) is 139 Å². The highest BCUT2D eigenvalue weighted by molar-refractivity contribution is 6.03. The van der Waals surface area contributed by atoms with E-state index < -0.39 is 34.4 Å². The molecule has 368 valence electrons. The first kappa shape index (κ1) is 50.1. The number of hydrogen-bond acceptors (Lipinski definition) is 12. The summed E-state index contributed by atoms with van der Waals surface area (Å²) in [5.41, 5.74) is 5.73. The summed E-state index contributed by atoms with van der Waals surface area (Å²) in [6.07, 6.45) is 8.03. The zero-order valence-corrected chi connectivity index (χ0v) is 39.7. The highest BCUT2D eigenvalue weighted by Crippen LogP contribution is 2.62. The molecule has 2 aliphatic carbocycles. The lowest BCUT2D eigenvalue weighted by Crippen LogP contribution is -2.70. The van der Waals surface area contributed by atoms with Crippen LogP contribution in [0.25, 0.3) is 0 Å². The Morgan fingerprint density at radius 3 is 2.41 bits per heavy atom. The summed E-state index contributed by atoms with van der Waals surface area (Å²) >= 11 is 0. The predicted octanol–water partition coefficient (Wildman–Crippen LogP) is 10.1. The standard InChI is InChI=1S/C56H58FN5O9/c1-3-29-69-56-52(61(34-39-15-21-43(57)22-16-39)55(65)41-19-13-38(33-58)14-20-41)32-50(60-70-35-40-17-23-45(24-18-40)62(66)67)48-30-42(10-4-6-27-63)47(12-5-7-28-64)53(54(48)56)49-31-46(25-26-51(49)71-56)68-36-44-11-8-9-37(2)59-44/h3,8-9,11,13-26,30-31,42,47,52-54,63-64H,1,4-7,10,12,27-29,32,34-36H2,2H3. The fraction of sp³-hybridized carbons (Fsp3) is 0.357. The summed E-state index contributed by atoms with van der Waals surface area (Å²) in [5.74, 6) is -2.45. The average Bonchev–Trinajstić information content (AvgIpc) is 3.38. The van der Waals surface area contributed by atoms with Crippen LogP contribution in [-0.2, 0) is 29.3 Å². The van der Waals surface area contributed by atoms with Gasteiger partial charge in [-0.15, -0.1) is 6.58 Å². The number of nitro groups is 1. The van der Waals surface area contributed by atoms with Crippen molar-refractivity contribution >= 4 is 17.3 Å². The molecular formula is C56H58FN5O9. The van der Waals surface area contributed by atoms with Crippen LogP contribution < -0.4 is 9.47 Å². The number of nitriles is 1. The Hall–Kier alpha value is -7.25. The van der Waals surface area contributed by atoms with E-state index in [9.17, 15) is 30.0 Å². The number of fused-ring (bicyclic) bond motifs is 2. The lowest BCUT2D eigenvalue weighted by atomic mass is 9.55. The molecule has 2 N–H and O–H groups in total. The molecule has 2 heterocycles. The van der Waals surface area contributed by atoms with Gasteiger partial charge in [-0.05, 0) is 140 Å². The number of non-ortho nitro benzene ring substituents is 1.